The van der Waals surface area contributed by atoms with Gasteiger partial charge < -0.3 is 5.11 Å². The molecule has 20 heavy (non-hydrogen) atoms. The summed E-state index contributed by atoms with van der Waals surface area (Å²) in [6.45, 7) is 4.68. The second kappa shape index (κ2) is 5.16. The summed E-state index contributed by atoms with van der Waals surface area (Å²) >= 11 is 0. The number of aromatic nitrogens is 2. The third-order valence-corrected chi connectivity index (χ3v) is 3.57. The van der Waals surface area contributed by atoms with Gasteiger partial charge in [0.25, 0.3) is 5.82 Å². The van der Waals surface area contributed by atoms with Crippen molar-refractivity contribution in [2.24, 2.45) is 5.92 Å². The molecule has 1 aromatic rings. The molecular formula is C13H19N4O3+. The molecular weight excluding hydrogens is 260 g/mol. The SMILES string of the molecule is CC(C)C[N+]1(c2cnccn2)CC(C(=O)O)N(C)C1=O. The van der Waals surface area contributed by atoms with Gasteiger partial charge in [0.1, 0.15) is 12.7 Å². The van der Waals surface area contributed by atoms with Gasteiger partial charge >= 0.3 is 12.0 Å². The van der Waals surface area contributed by atoms with E-state index in [4.69, 9.17) is 0 Å². The molecule has 7 heteroatoms. The Balaban J connectivity index is 2.49. The molecule has 0 radical (unpaired) electrons. The fraction of sp³-hybridized carbons (Fsp3) is 0.538. The van der Waals surface area contributed by atoms with Crippen molar-refractivity contribution in [3.05, 3.63) is 18.6 Å². The van der Waals surface area contributed by atoms with Crippen LogP contribution in [0, 0.1) is 5.92 Å². The summed E-state index contributed by atoms with van der Waals surface area (Å²) in [4.78, 5) is 33.5. The van der Waals surface area contributed by atoms with Crippen LogP contribution in [0.1, 0.15) is 13.8 Å². The molecule has 1 N–H and O–H groups in total. The topological polar surface area (TPSA) is 83.4 Å². The fourth-order valence-electron chi connectivity index (χ4n) is 2.75. The van der Waals surface area contributed by atoms with E-state index < -0.39 is 12.0 Å². The number of carboxylic acids is 1. The summed E-state index contributed by atoms with van der Waals surface area (Å²) < 4.78 is -0.0844. The third-order valence-electron chi connectivity index (χ3n) is 3.57. The zero-order valence-corrected chi connectivity index (χ0v) is 11.9. The molecule has 108 valence electrons. The Morgan fingerprint density at radius 2 is 2.25 bits per heavy atom. The molecule has 2 unspecified atom stereocenters. The molecule has 0 saturated carbocycles. The highest BCUT2D eigenvalue weighted by Gasteiger charge is 2.56. The number of quaternary nitrogens is 1. The lowest BCUT2D eigenvalue weighted by Gasteiger charge is -2.29. The number of hydrogen-bond donors (Lipinski definition) is 1. The smallest absolute Gasteiger partial charge is 0.426 e. The van der Waals surface area contributed by atoms with E-state index in [1.165, 1.54) is 24.3 Å². The van der Waals surface area contributed by atoms with Crippen LogP contribution in [-0.4, -0.2) is 58.2 Å². The number of amides is 2. The van der Waals surface area contributed by atoms with Gasteiger partial charge in [-0.25, -0.2) is 14.6 Å². The highest BCUT2D eigenvalue weighted by molar-refractivity contribution is 5.94. The lowest BCUT2D eigenvalue weighted by molar-refractivity contribution is -0.140. The van der Waals surface area contributed by atoms with E-state index in [-0.39, 0.29) is 23.0 Å². The van der Waals surface area contributed by atoms with Crippen molar-refractivity contribution >= 4 is 17.8 Å². The second-order valence-electron chi connectivity index (χ2n) is 5.54. The van der Waals surface area contributed by atoms with Crippen LogP contribution in [-0.2, 0) is 4.79 Å². The van der Waals surface area contributed by atoms with Gasteiger partial charge in [-0.2, -0.15) is 4.48 Å². The first-order valence-electron chi connectivity index (χ1n) is 6.52. The number of carbonyl (C=O) groups is 2. The number of urea groups is 1. The Bertz CT molecular complexity index is 520. The highest BCUT2D eigenvalue weighted by atomic mass is 16.4. The van der Waals surface area contributed by atoms with Crippen molar-refractivity contribution in [1.82, 2.24) is 19.4 Å². The van der Waals surface area contributed by atoms with Gasteiger partial charge in [0.2, 0.25) is 0 Å². The largest absolute Gasteiger partial charge is 0.480 e. The van der Waals surface area contributed by atoms with Gasteiger partial charge in [0.05, 0.1) is 12.7 Å². The minimum atomic E-state index is -0.992. The molecule has 7 nitrogen and oxygen atoms in total. The van der Waals surface area contributed by atoms with E-state index in [0.29, 0.717) is 12.4 Å². The molecule has 0 bridgehead atoms. The van der Waals surface area contributed by atoms with Crippen LogP contribution in [0.5, 0.6) is 0 Å². The highest BCUT2D eigenvalue weighted by Crippen LogP contribution is 2.31. The van der Waals surface area contributed by atoms with E-state index in [1.807, 2.05) is 13.8 Å². The van der Waals surface area contributed by atoms with Crippen molar-refractivity contribution in [3.8, 4) is 0 Å². The maximum atomic E-state index is 12.6. The average Bonchev–Trinajstić information content (AvgIpc) is 2.65. The van der Waals surface area contributed by atoms with Crippen molar-refractivity contribution < 1.29 is 14.7 Å². The number of aliphatic carboxylic acids is 1. The molecule has 0 aliphatic carbocycles. The van der Waals surface area contributed by atoms with E-state index in [9.17, 15) is 14.7 Å². The van der Waals surface area contributed by atoms with Gasteiger partial charge in [-0.15, -0.1) is 0 Å². The minimum absolute atomic E-state index is 0.0844. The Morgan fingerprint density at radius 3 is 2.70 bits per heavy atom. The lowest BCUT2D eigenvalue weighted by atomic mass is 10.1. The van der Waals surface area contributed by atoms with E-state index >= 15 is 0 Å². The van der Waals surface area contributed by atoms with Crippen molar-refractivity contribution in [2.75, 3.05) is 20.1 Å². The summed E-state index contributed by atoms with van der Waals surface area (Å²) in [5.41, 5.74) is 0. The number of rotatable bonds is 4. The molecule has 2 heterocycles. The number of carboxylic acid groups (broad SMARTS) is 1. The fourth-order valence-corrected chi connectivity index (χ4v) is 2.75. The van der Waals surface area contributed by atoms with Crippen molar-refractivity contribution in [2.45, 2.75) is 19.9 Å². The first-order valence-corrected chi connectivity index (χ1v) is 6.52. The molecule has 1 aromatic heterocycles. The quantitative estimate of drug-likeness (QED) is 0.830. The number of carbonyl (C=O) groups excluding carboxylic acids is 1. The van der Waals surface area contributed by atoms with Gasteiger partial charge in [-0.3, -0.25) is 9.88 Å². The lowest BCUT2D eigenvalue weighted by Crippen LogP contribution is -2.54. The summed E-state index contributed by atoms with van der Waals surface area (Å²) in [5.74, 6) is -0.266. The Hall–Kier alpha value is -2.02. The molecule has 1 fully saturated rings. The normalized spacial score (nSPS) is 26.3. The van der Waals surface area contributed by atoms with E-state index in [2.05, 4.69) is 9.97 Å². The number of likely N-dealkylation sites (N-methyl/N-ethyl adjacent to an activating group) is 1. The van der Waals surface area contributed by atoms with Crippen LogP contribution in [0.3, 0.4) is 0 Å². The summed E-state index contributed by atoms with van der Waals surface area (Å²) in [5, 5.41) is 9.27. The Morgan fingerprint density at radius 1 is 1.55 bits per heavy atom. The Labute approximate surface area is 117 Å². The van der Waals surface area contributed by atoms with Gasteiger partial charge in [-0.05, 0) is 0 Å². The number of hydrogen-bond acceptors (Lipinski definition) is 4. The van der Waals surface area contributed by atoms with Crippen molar-refractivity contribution in [1.29, 1.82) is 0 Å². The molecule has 1 saturated heterocycles. The van der Waals surface area contributed by atoms with Gasteiger partial charge in [-0.1, -0.05) is 13.8 Å². The van der Waals surface area contributed by atoms with Gasteiger partial charge in [0.15, 0.2) is 6.04 Å². The van der Waals surface area contributed by atoms with Gasteiger partial charge in [0, 0.05) is 19.2 Å². The molecule has 2 rings (SSSR count). The summed E-state index contributed by atoms with van der Waals surface area (Å²) in [6, 6.07) is -1.07. The molecule has 0 aromatic carbocycles. The second-order valence-corrected chi connectivity index (χ2v) is 5.54. The first-order chi connectivity index (χ1) is 9.38. The molecule has 1 aliphatic rings. The molecule has 2 atom stereocenters. The predicted molar refractivity (Wildman–Crippen MR) is 73.0 cm³/mol. The maximum Gasteiger partial charge on any atom is 0.426 e. The standard InChI is InChI=1S/C13H18N4O3/c1-9(2)7-17(11-6-14-4-5-15-11)8-10(12(18)19)16(3)13(17)20/h4-6,9-10H,7-8H2,1-3H3/p+1. The first kappa shape index (κ1) is 14.4. The summed E-state index contributed by atoms with van der Waals surface area (Å²) in [6.07, 6.45) is 4.60. The van der Waals surface area contributed by atoms with Crippen LogP contribution in [0.25, 0.3) is 0 Å². The molecule has 0 spiro atoms. The van der Waals surface area contributed by atoms with Crippen LogP contribution in [0.2, 0.25) is 0 Å². The Kier molecular flexibility index (Phi) is 3.71. The zero-order valence-electron chi connectivity index (χ0n) is 11.9. The maximum absolute atomic E-state index is 12.6. The minimum Gasteiger partial charge on any atom is -0.480 e. The third kappa shape index (κ3) is 2.24. The average molecular weight is 279 g/mol. The number of nitrogens with zero attached hydrogens (tertiary/aromatic N) is 4. The van der Waals surface area contributed by atoms with Crippen LogP contribution in [0.15, 0.2) is 18.6 Å². The predicted octanol–water partition coefficient (Wildman–Crippen LogP) is 0.959. The van der Waals surface area contributed by atoms with Crippen LogP contribution < -0.4 is 4.48 Å². The van der Waals surface area contributed by atoms with Crippen LogP contribution >= 0.6 is 0 Å². The summed E-state index contributed by atoms with van der Waals surface area (Å²) in [7, 11) is 1.53. The zero-order chi connectivity index (χ0) is 14.9. The molecule has 2 amide bonds. The van der Waals surface area contributed by atoms with E-state index in [0.717, 1.165) is 0 Å². The van der Waals surface area contributed by atoms with Crippen molar-refractivity contribution in [3.63, 3.8) is 0 Å². The van der Waals surface area contributed by atoms with Crippen LogP contribution in [0.4, 0.5) is 10.6 Å². The monoisotopic (exact) mass is 279 g/mol. The molecule has 1 aliphatic heterocycles. The van der Waals surface area contributed by atoms with E-state index in [1.54, 1.807) is 6.20 Å².